The molecule has 1 aromatic carbocycles. The van der Waals surface area contributed by atoms with Crippen molar-refractivity contribution in [3.63, 3.8) is 0 Å². The molecule has 118 valence electrons. The van der Waals surface area contributed by atoms with Crippen LogP contribution in [0.1, 0.15) is 18.5 Å². The van der Waals surface area contributed by atoms with E-state index in [2.05, 4.69) is 5.32 Å². The van der Waals surface area contributed by atoms with Gasteiger partial charge in [-0.2, -0.15) is 0 Å². The summed E-state index contributed by atoms with van der Waals surface area (Å²) in [7, 11) is -0.0128. The molecule has 0 unspecified atom stereocenters. The van der Waals surface area contributed by atoms with Gasteiger partial charge in [0.15, 0.2) is 9.84 Å². The third kappa shape index (κ3) is 3.66. The predicted molar refractivity (Wildman–Crippen MR) is 79.5 cm³/mol. The third-order valence-corrected chi connectivity index (χ3v) is 5.41. The molecule has 1 fully saturated rings. The number of aliphatic hydroxyl groups is 1. The van der Waals surface area contributed by atoms with E-state index >= 15 is 0 Å². The summed E-state index contributed by atoms with van der Waals surface area (Å²) in [6, 6.07) is 4.79. The average Bonchev–Trinajstić information content (AvgIpc) is 2.70. The van der Waals surface area contributed by atoms with Gasteiger partial charge in [-0.15, -0.1) is 0 Å². The van der Waals surface area contributed by atoms with E-state index in [0.717, 1.165) is 5.56 Å². The van der Waals surface area contributed by atoms with E-state index in [1.54, 1.807) is 26.4 Å². The van der Waals surface area contributed by atoms with E-state index in [1.165, 1.54) is 0 Å². The quantitative estimate of drug-likeness (QED) is 0.824. The highest BCUT2D eigenvalue weighted by molar-refractivity contribution is 7.91. The van der Waals surface area contributed by atoms with Gasteiger partial charge in [-0.05, 0) is 25.1 Å². The van der Waals surface area contributed by atoms with Gasteiger partial charge in [0.2, 0.25) is 0 Å². The minimum absolute atomic E-state index is 0.0508. The Morgan fingerprint density at radius 1 is 1.29 bits per heavy atom. The molecule has 0 saturated carbocycles. The normalized spacial score (nSPS) is 25.5. The first kappa shape index (κ1) is 16.1. The van der Waals surface area contributed by atoms with Crippen molar-refractivity contribution >= 4 is 9.84 Å². The van der Waals surface area contributed by atoms with Gasteiger partial charge in [0, 0.05) is 17.6 Å². The van der Waals surface area contributed by atoms with Crippen molar-refractivity contribution in [1.82, 2.24) is 5.32 Å². The van der Waals surface area contributed by atoms with Crippen LogP contribution in [0.4, 0.5) is 0 Å². The fourth-order valence-electron chi connectivity index (χ4n) is 2.58. The maximum absolute atomic E-state index is 11.5. The van der Waals surface area contributed by atoms with Crippen molar-refractivity contribution in [3.05, 3.63) is 23.8 Å². The number of methoxy groups -OCH3 is 2. The minimum Gasteiger partial charge on any atom is -0.497 e. The summed E-state index contributed by atoms with van der Waals surface area (Å²) in [5.41, 5.74) is 0.855. The van der Waals surface area contributed by atoms with Gasteiger partial charge in [-0.25, -0.2) is 8.42 Å². The van der Waals surface area contributed by atoms with Crippen molar-refractivity contribution in [2.75, 3.05) is 25.7 Å². The first-order chi connectivity index (χ1) is 9.86. The summed E-state index contributed by atoms with van der Waals surface area (Å²) in [5, 5.41) is 13.0. The molecule has 0 aromatic heterocycles. The molecule has 1 aliphatic heterocycles. The lowest BCUT2D eigenvalue weighted by Gasteiger charge is -2.23. The van der Waals surface area contributed by atoms with Gasteiger partial charge in [-0.3, -0.25) is 0 Å². The lowest BCUT2D eigenvalue weighted by molar-refractivity contribution is 0.160. The largest absolute Gasteiger partial charge is 0.497 e. The van der Waals surface area contributed by atoms with Crippen molar-refractivity contribution in [2.24, 2.45) is 0 Å². The van der Waals surface area contributed by atoms with Crippen molar-refractivity contribution < 1.29 is 23.0 Å². The molecule has 21 heavy (non-hydrogen) atoms. The number of nitrogens with one attached hydrogen (secondary N) is 1. The summed E-state index contributed by atoms with van der Waals surface area (Å²) in [6.07, 6.45) is -0.881. The Kier molecular flexibility index (Phi) is 4.75. The number of sulfone groups is 1. The van der Waals surface area contributed by atoms with Gasteiger partial charge in [0.1, 0.15) is 11.5 Å². The van der Waals surface area contributed by atoms with Crippen LogP contribution >= 0.6 is 0 Å². The van der Waals surface area contributed by atoms with E-state index in [-0.39, 0.29) is 17.5 Å². The fraction of sp³-hybridized carbons (Fsp3) is 0.571. The Hall–Kier alpha value is -1.31. The highest BCUT2D eigenvalue weighted by Gasteiger charge is 2.37. The maximum Gasteiger partial charge on any atom is 0.154 e. The van der Waals surface area contributed by atoms with E-state index in [4.69, 9.17) is 9.47 Å². The molecule has 7 heteroatoms. The zero-order chi connectivity index (χ0) is 15.6. The van der Waals surface area contributed by atoms with E-state index < -0.39 is 22.0 Å². The number of rotatable bonds is 5. The zero-order valence-electron chi connectivity index (χ0n) is 12.4. The van der Waals surface area contributed by atoms with Crippen LogP contribution in [0.3, 0.4) is 0 Å². The lowest BCUT2D eigenvalue weighted by Crippen LogP contribution is -2.40. The van der Waals surface area contributed by atoms with E-state index in [0.29, 0.717) is 11.5 Å². The maximum atomic E-state index is 11.5. The van der Waals surface area contributed by atoms with Crippen LogP contribution in [0.2, 0.25) is 0 Å². The average molecular weight is 315 g/mol. The second-order valence-corrected chi connectivity index (χ2v) is 7.40. The lowest BCUT2D eigenvalue weighted by atomic mass is 10.0. The fourth-order valence-corrected chi connectivity index (χ4v) is 4.33. The van der Waals surface area contributed by atoms with E-state index in [9.17, 15) is 13.5 Å². The molecule has 3 atom stereocenters. The molecule has 2 N–H and O–H groups in total. The first-order valence-corrected chi connectivity index (χ1v) is 8.55. The van der Waals surface area contributed by atoms with Crippen molar-refractivity contribution in [2.45, 2.75) is 25.1 Å². The highest BCUT2D eigenvalue weighted by atomic mass is 32.2. The summed E-state index contributed by atoms with van der Waals surface area (Å²) in [6.45, 7) is 1.90. The molecule has 6 nitrogen and oxygen atoms in total. The minimum atomic E-state index is -3.17. The second kappa shape index (κ2) is 6.21. The monoisotopic (exact) mass is 315 g/mol. The Bertz CT molecular complexity index is 601. The molecule has 0 radical (unpaired) electrons. The zero-order valence-corrected chi connectivity index (χ0v) is 13.2. The molecule has 0 bridgehead atoms. The Balaban J connectivity index is 2.18. The van der Waals surface area contributed by atoms with Crippen LogP contribution in [0, 0.1) is 0 Å². The topological polar surface area (TPSA) is 84.9 Å². The van der Waals surface area contributed by atoms with Gasteiger partial charge < -0.3 is 19.9 Å². The standard InChI is InChI=1S/C14H21NO5S/c1-9(15-12-7-21(17,18)8-13(12)16)11-6-10(19-2)4-5-14(11)20-3/h4-6,9,12-13,15-16H,7-8H2,1-3H3/t9-,12-,13+/m0/s1. The van der Waals surface area contributed by atoms with Crippen LogP contribution in [-0.4, -0.2) is 51.4 Å². The molecule has 2 rings (SSSR count). The Morgan fingerprint density at radius 3 is 2.52 bits per heavy atom. The second-order valence-electron chi connectivity index (χ2n) is 5.25. The molecular formula is C14H21NO5S. The highest BCUT2D eigenvalue weighted by Crippen LogP contribution is 2.30. The molecule has 1 heterocycles. The molecule has 0 spiro atoms. The Labute approximate surface area is 125 Å². The predicted octanol–water partition coefficient (Wildman–Crippen LogP) is 0.512. The number of aliphatic hydroxyl groups excluding tert-OH is 1. The molecule has 0 amide bonds. The van der Waals surface area contributed by atoms with Crippen LogP contribution in [0.5, 0.6) is 11.5 Å². The van der Waals surface area contributed by atoms with Gasteiger partial charge in [-0.1, -0.05) is 0 Å². The first-order valence-electron chi connectivity index (χ1n) is 6.72. The molecule has 1 aromatic rings. The molecule has 0 aliphatic carbocycles. The van der Waals surface area contributed by atoms with Crippen LogP contribution in [0.25, 0.3) is 0 Å². The smallest absolute Gasteiger partial charge is 0.154 e. The SMILES string of the molecule is COc1ccc(OC)c([C@H](C)N[C@H]2CS(=O)(=O)C[C@H]2O)c1. The third-order valence-electron chi connectivity index (χ3n) is 3.69. The number of hydrogen-bond acceptors (Lipinski definition) is 6. The number of ether oxygens (including phenoxy) is 2. The van der Waals surface area contributed by atoms with Crippen LogP contribution in [-0.2, 0) is 9.84 Å². The van der Waals surface area contributed by atoms with Crippen LogP contribution in [0.15, 0.2) is 18.2 Å². The van der Waals surface area contributed by atoms with E-state index in [1.807, 2.05) is 13.0 Å². The number of benzene rings is 1. The van der Waals surface area contributed by atoms with Gasteiger partial charge in [0.25, 0.3) is 0 Å². The van der Waals surface area contributed by atoms with Crippen molar-refractivity contribution in [3.8, 4) is 11.5 Å². The van der Waals surface area contributed by atoms with Gasteiger partial charge in [0.05, 0.1) is 31.8 Å². The molecular weight excluding hydrogens is 294 g/mol. The van der Waals surface area contributed by atoms with Crippen LogP contribution < -0.4 is 14.8 Å². The van der Waals surface area contributed by atoms with Gasteiger partial charge >= 0.3 is 0 Å². The summed E-state index contributed by atoms with van der Waals surface area (Å²) in [4.78, 5) is 0. The number of hydrogen-bond donors (Lipinski definition) is 2. The summed E-state index contributed by atoms with van der Waals surface area (Å²) >= 11 is 0. The molecule has 1 aliphatic rings. The Morgan fingerprint density at radius 2 is 2.00 bits per heavy atom. The summed E-state index contributed by atoms with van der Waals surface area (Å²) in [5.74, 6) is 1.14. The van der Waals surface area contributed by atoms with Crippen molar-refractivity contribution in [1.29, 1.82) is 0 Å². The summed E-state index contributed by atoms with van der Waals surface area (Å²) < 4.78 is 33.6. The molecule has 1 saturated heterocycles.